The van der Waals surface area contributed by atoms with Gasteiger partial charge in [-0.25, -0.2) is 0 Å². The van der Waals surface area contributed by atoms with E-state index in [-0.39, 0.29) is 0 Å². The van der Waals surface area contributed by atoms with Crippen molar-refractivity contribution in [3.8, 4) is 0 Å². The molecule has 0 radical (unpaired) electrons. The third-order valence-corrected chi connectivity index (χ3v) is 1.80. The van der Waals surface area contributed by atoms with Crippen LogP contribution < -0.4 is 11.1 Å². The fraction of sp³-hybridized carbons (Fsp3) is 0.222. The van der Waals surface area contributed by atoms with E-state index >= 15 is 0 Å². The molecule has 1 aromatic carbocycles. The molecule has 0 atom stereocenters. The standard InChI is InChI=1S/C9H12ClN2/c1-2-5-12-9-4-3-7(11)6-8(9)10/h3-4,6,12H,1-2,5,11H2/q-1. The first kappa shape index (κ1) is 9.20. The van der Waals surface area contributed by atoms with Gasteiger partial charge in [0.25, 0.3) is 0 Å². The van der Waals surface area contributed by atoms with Gasteiger partial charge in [-0.2, -0.15) is 6.42 Å². The number of anilines is 2. The van der Waals surface area contributed by atoms with E-state index in [1.807, 2.05) is 12.1 Å². The molecule has 1 rings (SSSR count). The van der Waals surface area contributed by atoms with Gasteiger partial charge >= 0.3 is 0 Å². The van der Waals surface area contributed by atoms with Gasteiger partial charge in [0.15, 0.2) is 0 Å². The number of nitrogens with two attached hydrogens (primary N) is 1. The normalized spacial score (nSPS) is 9.83. The summed E-state index contributed by atoms with van der Waals surface area (Å²) >= 11 is 5.90. The first-order chi connectivity index (χ1) is 5.74. The van der Waals surface area contributed by atoms with Crippen molar-refractivity contribution < 1.29 is 0 Å². The molecular weight excluding hydrogens is 172 g/mol. The van der Waals surface area contributed by atoms with Crippen LogP contribution in [0.25, 0.3) is 0 Å². The van der Waals surface area contributed by atoms with Gasteiger partial charge in [-0.15, -0.1) is 0 Å². The fourth-order valence-electron chi connectivity index (χ4n) is 0.898. The van der Waals surface area contributed by atoms with Crippen LogP contribution in [0.4, 0.5) is 11.4 Å². The summed E-state index contributed by atoms with van der Waals surface area (Å²) in [6.45, 7) is 4.54. The maximum Gasteiger partial charge on any atom is 0.0657 e. The van der Waals surface area contributed by atoms with Crippen LogP contribution in [-0.4, -0.2) is 6.54 Å². The molecule has 0 spiro atoms. The first-order valence-electron chi connectivity index (χ1n) is 3.82. The molecule has 12 heavy (non-hydrogen) atoms. The molecule has 66 valence electrons. The summed E-state index contributed by atoms with van der Waals surface area (Å²) in [5.41, 5.74) is 7.12. The van der Waals surface area contributed by atoms with E-state index in [1.54, 1.807) is 6.07 Å². The molecule has 0 aliphatic heterocycles. The predicted octanol–water partition coefficient (Wildman–Crippen LogP) is 2.56. The van der Waals surface area contributed by atoms with Crippen molar-refractivity contribution in [3.05, 3.63) is 30.1 Å². The van der Waals surface area contributed by atoms with E-state index < -0.39 is 0 Å². The van der Waals surface area contributed by atoms with Crippen molar-refractivity contribution in [1.29, 1.82) is 0 Å². The Morgan fingerprint density at radius 1 is 1.50 bits per heavy atom. The van der Waals surface area contributed by atoms with Gasteiger partial charge in [0, 0.05) is 5.69 Å². The molecule has 0 aliphatic rings. The summed E-state index contributed by atoms with van der Waals surface area (Å²) in [6.07, 6.45) is 0.834. The number of hydrogen-bond acceptors (Lipinski definition) is 2. The van der Waals surface area contributed by atoms with E-state index in [1.165, 1.54) is 0 Å². The van der Waals surface area contributed by atoms with Gasteiger partial charge in [0.05, 0.1) is 10.7 Å². The average molecular weight is 184 g/mol. The number of nitrogens with one attached hydrogen (secondary N) is 1. The Bertz CT molecular complexity index is 261. The Kier molecular flexibility index (Phi) is 3.23. The Morgan fingerprint density at radius 2 is 2.25 bits per heavy atom. The van der Waals surface area contributed by atoms with Crippen LogP contribution in [0.15, 0.2) is 18.2 Å². The summed E-state index contributed by atoms with van der Waals surface area (Å²) in [4.78, 5) is 0. The highest BCUT2D eigenvalue weighted by Crippen LogP contribution is 2.23. The SMILES string of the molecule is [CH2-]CCNc1ccc(N)cc1Cl. The monoisotopic (exact) mass is 183 g/mol. The quantitative estimate of drug-likeness (QED) is 0.559. The zero-order valence-corrected chi connectivity index (χ0v) is 7.56. The van der Waals surface area contributed by atoms with Crippen LogP contribution in [0.5, 0.6) is 0 Å². The second kappa shape index (κ2) is 4.21. The molecule has 0 fully saturated rings. The smallest absolute Gasteiger partial charge is 0.0657 e. The summed E-state index contributed by atoms with van der Waals surface area (Å²) in [5.74, 6) is 0. The number of benzene rings is 1. The third kappa shape index (κ3) is 2.31. The molecule has 0 heterocycles. The molecule has 0 amide bonds. The second-order valence-electron chi connectivity index (χ2n) is 2.52. The molecule has 0 aliphatic carbocycles. The second-order valence-corrected chi connectivity index (χ2v) is 2.93. The molecule has 0 aromatic heterocycles. The van der Waals surface area contributed by atoms with Crippen LogP contribution >= 0.6 is 11.6 Å². The van der Waals surface area contributed by atoms with E-state index in [0.717, 1.165) is 18.7 Å². The third-order valence-electron chi connectivity index (χ3n) is 1.49. The van der Waals surface area contributed by atoms with Crippen molar-refractivity contribution >= 4 is 23.0 Å². The van der Waals surface area contributed by atoms with Gasteiger partial charge in [-0.3, -0.25) is 0 Å². The highest BCUT2D eigenvalue weighted by Gasteiger charge is 1.97. The van der Waals surface area contributed by atoms with E-state index in [0.29, 0.717) is 10.7 Å². The average Bonchev–Trinajstić information content (AvgIpc) is 2.03. The minimum absolute atomic E-state index is 0.656. The lowest BCUT2D eigenvalue weighted by Crippen LogP contribution is -2.00. The lowest BCUT2D eigenvalue weighted by molar-refractivity contribution is 1.07. The van der Waals surface area contributed by atoms with Gasteiger partial charge in [-0.1, -0.05) is 11.6 Å². The minimum Gasteiger partial charge on any atom is -0.399 e. The largest absolute Gasteiger partial charge is 0.399 e. The number of halogens is 1. The Balaban J connectivity index is 2.72. The topological polar surface area (TPSA) is 38.0 Å². The predicted molar refractivity (Wildman–Crippen MR) is 54.3 cm³/mol. The van der Waals surface area contributed by atoms with E-state index in [4.69, 9.17) is 17.3 Å². The van der Waals surface area contributed by atoms with Crippen LogP contribution in [0.3, 0.4) is 0 Å². The zero-order valence-electron chi connectivity index (χ0n) is 6.81. The van der Waals surface area contributed by atoms with E-state index in [9.17, 15) is 0 Å². The summed E-state index contributed by atoms with van der Waals surface area (Å²) in [7, 11) is 0. The maximum absolute atomic E-state index is 5.90. The van der Waals surface area contributed by atoms with Gasteiger partial charge in [-0.05, 0) is 24.7 Å². The Hall–Kier alpha value is -0.890. The summed E-state index contributed by atoms with van der Waals surface area (Å²) in [5, 5.41) is 3.80. The molecule has 0 bridgehead atoms. The highest BCUT2D eigenvalue weighted by atomic mass is 35.5. The van der Waals surface area contributed by atoms with Gasteiger partial charge in [0.2, 0.25) is 0 Å². The fourth-order valence-corrected chi connectivity index (χ4v) is 1.15. The number of rotatable bonds is 3. The van der Waals surface area contributed by atoms with Crippen LogP contribution in [-0.2, 0) is 0 Å². The number of hydrogen-bond donors (Lipinski definition) is 2. The molecule has 0 unspecified atom stereocenters. The van der Waals surface area contributed by atoms with Crippen molar-refractivity contribution in [3.63, 3.8) is 0 Å². The molecule has 0 saturated heterocycles. The lowest BCUT2D eigenvalue weighted by atomic mass is 10.3. The molecule has 2 nitrogen and oxygen atoms in total. The lowest BCUT2D eigenvalue weighted by Gasteiger charge is -2.08. The summed E-state index contributed by atoms with van der Waals surface area (Å²) in [6, 6.07) is 5.41. The molecule has 3 heteroatoms. The minimum atomic E-state index is 0.656. The van der Waals surface area contributed by atoms with Gasteiger partial charge < -0.3 is 18.0 Å². The molecule has 0 saturated carbocycles. The number of nitrogen functional groups attached to an aromatic ring is 1. The van der Waals surface area contributed by atoms with Crippen molar-refractivity contribution in [2.45, 2.75) is 6.42 Å². The van der Waals surface area contributed by atoms with Crippen molar-refractivity contribution in [2.24, 2.45) is 0 Å². The van der Waals surface area contributed by atoms with Gasteiger partial charge in [0.1, 0.15) is 0 Å². The van der Waals surface area contributed by atoms with Crippen LogP contribution in [0.1, 0.15) is 6.42 Å². The maximum atomic E-state index is 5.90. The Morgan fingerprint density at radius 3 is 2.83 bits per heavy atom. The van der Waals surface area contributed by atoms with Crippen LogP contribution in [0.2, 0.25) is 5.02 Å². The molecule has 3 N–H and O–H groups in total. The van der Waals surface area contributed by atoms with E-state index in [2.05, 4.69) is 12.2 Å². The van der Waals surface area contributed by atoms with Crippen molar-refractivity contribution in [1.82, 2.24) is 0 Å². The molecule has 1 aromatic rings. The van der Waals surface area contributed by atoms with Crippen molar-refractivity contribution in [2.75, 3.05) is 17.6 Å². The first-order valence-corrected chi connectivity index (χ1v) is 4.20. The zero-order chi connectivity index (χ0) is 8.97. The Labute approximate surface area is 77.7 Å². The highest BCUT2D eigenvalue weighted by molar-refractivity contribution is 6.33. The summed E-state index contributed by atoms with van der Waals surface area (Å²) < 4.78 is 0. The molecular formula is C9H12ClN2-. The van der Waals surface area contributed by atoms with Crippen LogP contribution in [0, 0.1) is 6.92 Å².